The fourth-order valence-electron chi connectivity index (χ4n) is 2.77. The number of benzene rings is 2. The first-order chi connectivity index (χ1) is 11.7. The predicted octanol–water partition coefficient (Wildman–Crippen LogP) is -0.994. The average Bonchev–Trinajstić information content (AvgIpc) is 2.88. The van der Waals surface area contributed by atoms with Crippen LogP contribution in [0.3, 0.4) is 0 Å². The third-order valence-electron chi connectivity index (χ3n) is 3.94. The number of rotatable bonds is 7. The van der Waals surface area contributed by atoms with Gasteiger partial charge in [-0.25, -0.2) is 0 Å². The standard InChI is InChI=1S/C18H21N3O3.ClH/c1-23-14-6-8-15(9-7-14)24-13-11-21-17-5-3-2-4-16(17)20(10-12-22)18(21)19;/h2-9,19,22H,10-13H2,1H3;1H/p-1. The van der Waals surface area contributed by atoms with Gasteiger partial charge in [0.25, 0.3) is 0 Å². The van der Waals surface area contributed by atoms with Gasteiger partial charge in [0, 0.05) is 6.54 Å². The molecule has 25 heavy (non-hydrogen) atoms. The van der Waals surface area contributed by atoms with Crippen LogP contribution in [0.15, 0.2) is 48.5 Å². The van der Waals surface area contributed by atoms with Crippen LogP contribution in [-0.4, -0.2) is 34.6 Å². The summed E-state index contributed by atoms with van der Waals surface area (Å²) in [4.78, 5) is 0. The second-order valence-corrected chi connectivity index (χ2v) is 5.36. The number of ether oxygens (including phenoxy) is 2. The highest BCUT2D eigenvalue weighted by molar-refractivity contribution is 5.75. The van der Waals surface area contributed by atoms with Crippen molar-refractivity contribution >= 4 is 11.0 Å². The number of nitrogens with zero attached hydrogens (tertiary/aromatic N) is 2. The van der Waals surface area contributed by atoms with Crippen molar-refractivity contribution in [1.29, 1.82) is 5.41 Å². The Kier molecular flexibility index (Phi) is 6.50. The zero-order chi connectivity index (χ0) is 16.9. The van der Waals surface area contributed by atoms with Crippen molar-refractivity contribution in [2.75, 3.05) is 20.3 Å². The zero-order valence-corrected chi connectivity index (χ0v) is 14.7. The molecule has 0 saturated heterocycles. The van der Waals surface area contributed by atoms with E-state index in [0.29, 0.717) is 25.3 Å². The van der Waals surface area contributed by atoms with E-state index in [4.69, 9.17) is 14.9 Å². The highest BCUT2D eigenvalue weighted by Crippen LogP contribution is 2.17. The average molecular weight is 363 g/mol. The monoisotopic (exact) mass is 362 g/mol. The summed E-state index contributed by atoms with van der Waals surface area (Å²) in [5.41, 5.74) is 2.28. The number of aliphatic hydroxyl groups excluding tert-OH is 1. The van der Waals surface area contributed by atoms with Gasteiger partial charge in [-0.2, -0.15) is 0 Å². The summed E-state index contributed by atoms with van der Waals surface area (Å²) >= 11 is 0. The molecule has 0 aliphatic heterocycles. The maximum atomic E-state index is 9.23. The highest BCUT2D eigenvalue weighted by atomic mass is 35.5. The van der Waals surface area contributed by atoms with Gasteiger partial charge in [-0.15, -0.1) is 0 Å². The van der Waals surface area contributed by atoms with Crippen molar-refractivity contribution in [3.63, 3.8) is 0 Å². The van der Waals surface area contributed by atoms with Crippen LogP contribution in [-0.2, 0) is 13.1 Å². The summed E-state index contributed by atoms with van der Waals surface area (Å²) in [7, 11) is 1.63. The molecule has 1 aromatic heterocycles. The first kappa shape index (κ1) is 18.9. The molecule has 3 aromatic rings. The fourth-order valence-corrected chi connectivity index (χ4v) is 2.77. The normalized spacial score (nSPS) is 10.5. The van der Waals surface area contributed by atoms with Crippen LogP contribution in [0.1, 0.15) is 0 Å². The largest absolute Gasteiger partial charge is 1.00 e. The Hall–Kier alpha value is -2.44. The summed E-state index contributed by atoms with van der Waals surface area (Å²) in [6.45, 7) is 1.43. The number of para-hydroxylation sites is 2. The Morgan fingerprint density at radius 1 is 0.920 bits per heavy atom. The van der Waals surface area contributed by atoms with Gasteiger partial charge in [-0.3, -0.25) is 5.41 Å². The van der Waals surface area contributed by atoms with E-state index in [1.165, 1.54) is 0 Å². The van der Waals surface area contributed by atoms with Gasteiger partial charge in [-0.05, 0) is 36.4 Å². The molecule has 1 heterocycles. The second kappa shape index (κ2) is 8.60. The fraction of sp³-hybridized carbons (Fsp3) is 0.278. The van der Waals surface area contributed by atoms with E-state index < -0.39 is 0 Å². The quantitative estimate of drug-likeness (QED) is 0.566. The summed E-state index contributed by atoms with van der Waals surface area (Å²) in [5.74, 6) is 1.55. The predicted molar refractivity (Wildman–Crippen MR) is 91.4 cm³/mol. The Bertz CT molecular complexity index is 871. The molecule has 0 amide bonds. The SMILES string of the molecule is COc1ccc(OCCn2c(=N)n(CCO)c3ccccc32)cc1.[Cl-]. The first-order valence-corrected chi connectivity index (χ1v) is 7.85. The van der Waals surface area contributed by atoms with Gasteiger partial charge in [0.1, 0.15) is 18.1 Å². The van der Waals surface area contributed by atoms with Crippen LogP contribution < -0.4 is 27.5 Å². The molecule has 6 nitrogen and oxygen atoms in total. The van der Waals surface area contributed by atoms with Gasteiger partial charge >= 0.3 is 0 Å². The molecule has 134 valence electrons. The number of aliphatic hydroxyl groups is 1. The molecule has 0 saturated carbocycles. The number of halogens is 1. The lowest BCUT2D eigenvalue weighted by Crippen LogP contribution is -3.00. The molecule has 7 heteroatoms. The Labute approximate surface area is 152 Å². The van der Waals surface area contributed by atoms with Crippen molar-refractivity contribution in [1.82, 2.24) is 9.13 Å². The van der Waals surface area contributed by atoms with Crippen LogP contribution in [0.25, 0.3) is 11.0 Å². The molecule has 2 N–H and O–H groups in total. The Morgan fingerprint density at radius 2 is 1.48 bits per heavy atom. The Morgan fingerprint density at radius 3 is 2.04 bits per heavy atom. The number of hydrogen-bond donors (Lipinski definition) is 2. The lowest BCUT2D eigenvalue weighted by molar-refractivity contribution is -0.00000696. The maximum absolute atomic E-state index is 9.23. The van der Waals surface area contributed by atoms with E-state index in [2.05, 4.69) is 0 Å². The molecule has 0 spiro atoms. The minimum atomic E-state index is 0. The van der Waals surface area contributed by atoms with E-state index >= 15 is 0 Å². The lowest BCUT2D eigenvalue weighted by atomic mass is 10.3. The number of methoxy groups -OCH3 is 1. The number of hydrogen-bond acceptors (Lipinski definition) is 4. The number of aromatic nitrogens is 2. The van der Waals surface area contributed by atoms with E-state index in [0.717, 1.165) is 22.5 Å². The van der Waals surface area contributed by atoms with E-state index in [9.17, 15) is 5.11 Å². The van der Waals surface area contributed by atoms with Gasteiger partial charge < -0.3 is 36.1 Å². The summed E-state index contributed by atoms with van der Waals surface area (Å²) < 4.78 is 14.6. The smallest absolute Gasteiger partial charge is 0.203 e. The molecule has 0 fully saturated rings. The molecular formula is C18H21ClN3O3-. The molecule has 3 rings (SSSR count). The van der Waals surface area contributed by atoms with E-state index in [1.807, 2.05) is 57.7 Å². The van der Waals surface area contributed by atoms with Crippen LogP contribution in [0, 0.1) is 5.41 Å². The van der Waals surface area contributed by atoms with E-state index in [1.54, 1.807) is 7.11 Å². The molecule has 2 aromatic carbocycles. The topological polar surface area (TPSA) is 72.4 Å². The number of nitrogens with one attached hydrogen (secondary N) is 1. The highest BCUT2D eigenvalue weighted by Gasteiger charge is 2.09. The van der Waals surface area contributed by atoms with Gasteiger partial charge in [0.2, 0.25) is 5.62 Å². The van der Waals surface area contributed by atoms with Crippen molar-refractivity contribution in [3.8, 4) is 11.5 Å². The maximum Gasteiger partial charge on any atom is 0.203 e. The molecule has 0 radical (unpaired) electrons. The summed E-state index contributed by atoms with van der Waals surface area (Å²) in [6.07, 6.45) is 0. The first-order valence-electron chi connectivity index (χ1n) is 7.85. The number of imidazole rings is 1. The van der Waals surface area contributed by atoms with Crippen molar-refractivity contribution in [2.24, 2.45) is 0 Å². The van der Waals surface area contributed by atoms with Crippen molar-refractivity contribution < 1.29 is 27.0 Å². The minimum Gasteiger partial charge on any atom is -1.00 e. The van der Waals surface area contributed by atoms with E-state index in [-0.39, 0.29) is 19.0 Å². The summed E-state index contributed by atoms with van der Waals surface area (Å²) in [6, 6.07) is 15.3. The zero-order valence-electron chi connectivity index (χ0n) is 14.0. The molecule has 0 aliphatic carbocycles. The molecule has 0 unspecified atom stereocenters. The van der Waals surface area contributed by atoms with Crippen LogP contribution in [0.5, 0.6) is 11.5 Å². The molecular weight excluding hydrogens is 342 g/mol. The Balaban J connectivity index is 0.00000225. The molecule has 0 aliphatic rings. The van der Waals surface area contributed by atoms with Crippen LogP contribution in [0.2, 0.25) is 0 Å². The molecule has 0 atom stereocenters. The van der Waals surface area contributed by atoms with Gasteiger partial charge in [0.05, 0.1) is 31.3 Å². The molecule has 0 bridgehead atoms. The number of fused-ring (bicyclic) bond motifs is 1. The third-order valence-corrected chi connectivity index (χ3v) is 3.94. The van der Waals surface area contributed by atoms with Crippen molar-refractivity contribution in [2.45, 2.75) is 13.1 Å². The second-order valence-electron chi connectivity index (χ2n) is 5.36. The minimum absolute atomic E-state index is 0. The van der Waals surface area contributed by atoms with Crippen molar-refractivity contribution in [3.05, 3.63) is 54.1 Å². The third kappa shape index (κ3) is 3.97. The van der Waals surface area contributed by atoms with Crippen LogP contribution in [0.4, 0.5) is 0 Å². The summed E-state index contributed by atoms with van der Waals surface area (Å²) in [5, 5.41) is 17.6. The van der Waals surface area contributed by atoms with Gasteiger partial charge in [-0.1, -0.05) is 12.1 Å². The van der Waals surface area contributed by atoms with Crippen LogP contribution >= 0.6 is 0 Å². The van der Waals surface area contributed by atoms with Gasteiger partial charge in [0.15, 0.2) is 0 Å². The lowest BCUT2D eigenvalue weighted by Gasteiger charge is -2.08.